The molecule has 2 aromatic heterocycles. The van der Waals surface area contributed by atoms with Crippen LogP contribution in [0.4, 0.5) is 5.82 Å². The molecule has 0 fully saturated rings. The summed E-state index contributed by atoms with van der Waals surface area (Å²) < 4.78 is 0. The Labute approximate surface area is 119 Å². The zero-order valence-corrected chi connectivity index (χ0v) is 11.6. The van der Waals surface area contributed by atoms with Crippen LogP contribution in [0.15, 0.2) is 29.5 Å². The van der Waals surface area contributed by atoms with Crippen LogP contribution in [-0.2, 0) is 0 Å². The number of nitrogens with one attached hydrogen (secondary N) is 2. The quantitative estimate of drug-likeness (QED) is 0.507. The third-order valence-corrected chi connectivity index (χ3v) is 3.17. The fourth-order valence-electron chi connectivity index (χ4n) is 1.27. The van der Waals surface area contributed by atoms with Crippen molar-refractivity contribution in [3.8, 4) is 0 Å². The van der Waals surface area contributed by atoms with Gasteiger partial charge in [-0.15, -0.1) is 0 Å². The highest BCUT2D eigenvalue weighted by atomic mass is 35.5. The summed E-state index contributed by atoms with van der Waals surface area (Å²) >= 11 is 17.6. The van der Waals surface area contributed by atoms with Crippen LogP contribution in [0, 0.1) is 0 Å². The van der Waals surface area contributed by atoms with E-state index < -0.39 is 0 Å². The topological polar surface area (TPSA) is 53.1 Å². The van der Waals surface area contributed by atoms with Gasteiger partial charge in [-0.25, -0.2) is 4.98 Å². The number of halogens is 3. The molecule has 0 aliphatic heterocycles. The fourth-order valence-corrected chi connectivity index (χ4v) is 1.81. The summed E-state index contributed by atoms with van der Waals surface area (Å²) in [6.07, 6.45) is 1.82. The summed E-state index contributed by atoms with van der Waals surface area (Å²) in [5.41, 5.74) is 4.42. The summed E-state index contributed by atoms with van der Waals surface area (Å²) in [5, 5.41) is 4.99. The van der Waals surface area contributed by atoms with E-state index in [1.807, 2.05) is 25.3 Å². The van der Waals surface area contributed by atoms with Crippen LogP contribution in [0.3, 0.4) is 0 Å². The average molecular weight is 304 g/mol. The molecule has 0 spiro atoms. The van der Waals surface area contributed by atoms with Crippen LogP contribution in [0.25, 0.3) is 0 Å². The largest absolute Gasteiger partial charge is 0.360 e. The first-order valence-electron chi connectivity index (χ1n) is 5.03. The van der Waals surface area contributed by atoms with Gasteiger partial charge in [-0.3, -0.25) is 5.43 Å². The van der Waals surface area contributed by atoms with E-state index in [-0.39, 0.29) is 5.15 Å². The first-order valence-corrected chi connectivity index (χ1v) is 6.17. The lowest BCUT2D eigenvalue weighted by molar-refractivity contribution is 1.21. The van der Waals surface area contributed by atoms with Crippen LogP contribution in [0.1, 0.15) is 12.6 Å². The lowest BCUT2D eigenvalue weighted by Gasteiger charge is -2.05. The Morgan fingerprint density at radius 3 is 2.78 bits per heavy atom. The summed E-state index contributed by atoms with van der Waals surface area (Å²) in [6.45, 7) is 1.85. The van der Waals surface area contributed by atoms with Crippen molar-refractivity contribution in [1.82, 2.24) is 9.97 Å². The smallest absolute Gasteiger partial charge is 0.166 e. The molecule has 7 heteroatoms. The molecule has 0 atom stereocenters. The zero-order chi connectivity index (χ0) is 13.1. The number of hydrogen-bond donors (Lipinski definition) is 2. The van der Waals surface area contributed by atoms with Crippen molar-refractivity contribution in [3.63, 3.8) is 0 Å². The van der Waals surface area contributed by atoms with Crippen molar-refractivity contribution in [1.29, 1.82) is 0 Å². The molecule has 0 radical (unpaired) electrons. The number of H-pyrrole nitrogens is 1. The summed E-state index contributed by atoms with van der Waals surface area (Å²) in [7, 11) is 0. The number of hydrazone groups is 1. The maximum atomic E-state index is 5.96. The molecular formula is C11H9Cl3N4. The molecule has 0 amide bonds. The third kappa shape index (κ3) is 2.96. The molecule has 0 aromatic carbocycles. The van der Waals surface area contributed by atoms with Crippen LogP contribution < -0.4 is 5.43 Å². The predicted molar refractivity (Wildman–Crippen MR) is 75.9 cm³/mol. The number of aromatic nitrogens is 2. The molecule has 2 rings (SSSR count). The van der Waals surface area contributed by atoms with Gasteiger partial charge in [-0.1, -0.05) is 34.8 Å². The molecule has 2 heterocycles. The zero-order valence-electron chi connectivity index (χ0n) is 9.34. The molecule has 0 unspecified atom stereocenters. The number of pyridine rings is 1. The molecular weight excluding hydrogens is 295 g/mol. The minimum atomic E-state index is 0.177. The normalized spacial score (nSPS) is 11.7. The van der Waals surface area contributed by atoms with Crippen LogP contribution >= 0.6 is 34.8 Å². The van der Waals surface area contributed by atoms with E-state index in [1.54, 1.807) is 0 Å². The molecule has 2 aromatic rings. The Balaban J connectivity index is 2.20. The molecule has 94 valence electrons. The number of rotatable bonds is 3. The van der Waals surface area contributed by atoms with Crippen molar-refractivity contribution < 1.29 is 0 Å². The van der Waals surface area contributed by atoms with E-state index in [0.717, 1.165) is 11.4 Å². The second kappa shape index (κ2) is 5.61. The molecule has 0 bridgehead atoms. The Morgan fingerprint density at radius 1 is 1.33 bits per heavy atom. The molecule has 18 heavy (non-hydrogen) atoms. The highest BCUT2D eigenvalue weighted by Crippen LogP contribution is 2.28. The van der Waals surface area contributed by atoms with Crippen molar-refractivity contribution in [2.45, 2.75) is 6.92 Å². The average Bonchev–Trinajstić information content (AvgIpc) is 2.85. The van der Waals surface area contributed by atoms with Gasteiger partial charge in [-0.05, 0) is 25.1 Å². The van der Waals surface area contributed by atoms with Gasteiger partial charge < -0.3 is 4.98 Å². The van der Waals surface area contributed by atoms with Gasteiger partial charge in [0.2, 0.25) is 0 Å². The lowest BCUT2D eigenvalue weighted by Crippen LogP contribution is -2.01. The third-order valence-electron chi connectivity index (χ3n) is 2.20. The van der Waals surface area contributed by atoms with Gasteiger partial charge in [0.05, 0.1) is 21.5 Å². The molecule has 0 saturated carbocycles. The van der Waals surface area contributed by atoms with E-state index >= 15 is 0 Å². The SMILES string of the molecule is C/C(=N\Nc1nc(Cl)c(Cl)cc1Cl)c1ccc[nH]1. The number of nitrogens with zero attached hydrogens (tertiary/aromatic N) is 2. The first kappa shape index (κ1) is 13.2. The number of anilines is 1. The highest BCUT2D eigenvalue weighted by Gasteiger charge is 2.07. The molecule has 4 nitrogen and oxygen atoms in total. The van der Waals surface area contributed by atoms with Crippen LogP contribution in [0.2, 0.25) is 15.2 Å². The van der Waals surface area contributed by atoms with Crippen molar-refractivity contribution in [3.05, 3.63) is 45.3 Å². The molecule has 0 aliphatic rings. The van der Waals surface area contributed by atoms with Gasteiger partial charge in [0, 0.05) is 6.20 Å². The van der Waals surface area contributed by atoms with E-state index in [9.17, 15) is 0 Å². The monoisotopic (exact) mass is 302 g/mol. The maximum absolute atomic E-state index is 5.96. The second-order valence-electron chi connectivity index (χ2n) is 3.48. The van der Waals surface area contributed by atoms with E-state index in [1.165, 1.54) is 6.07 Å². The lowest BCUT2D eigenvalue weighted by atomic mass is 10.3. The second-order valence-corrected chi connectivity index (χ2v) is 4.66. The summed E-state index contributed by atoms with van der Waals surface area (Å²) in [4.78, 5) is 7.04. The summed E-state index contributed by atoms with van der Waals surface area (Å²) in [6, 6.07) is 5.31. The van der Waals surface area contributed by atoms with E-state index in [2.05, 4.69) is 20.5 Å². The van der Waals surface area contributed by atoms with Gasteiger partial charge >= 0.3 is 0 Å². The Morgan fingerprint density at radius 2 is 2.11 bits per heavy atom. The van der Waals surface area contributed by atoms with Crippen molar-refractivity contribution in [2.24, 2.45) is 5.10 Å². The fraction of sp³-hybridized carbons (Fsp3) is 0.0909. The standard InChI is InChI=1S/C11H9Cl3N4/c1-6(9-3-2-4-15-9)17-18-11-8(13)5-7(12)10(14)16-11/h2-5,15H,1H3,(H,16,18)/b17-6+. The van der Waals surface area contributed by atoms with Gasteiger partial charge in [0.1, 0.15) is 5.15 Å². The Kier molecular flexibility index (Phi) is 4.11. The van der Waals surface area contributed by atoms with E-state index in [0.29, 0.717) is 15.9 Å². The molecule has 2 N–H and O–H groups in total. The number of aromatic amines is 1. The number of hydrogen-bond acceptors (Lipinski definition) is 3. The predicted octanol–water partition coefficient (Wildman–Crippen LogP) is 4.21. The van der Waals surface area contributed by atoms with Crippen LogP contribution in [0.5, 0.6) is 0 Å². The maximum Gasteiger partial charge on any atom is 0.166 e. The van der Waals surface area contributed by atoms with Crippen molar-refractivity contribution >= 4 is 46.3 Å². The Hall–Kier alpha value is -1.23. The van der Waals surface area contributed by atoms with Gasteiger partial charge in [-0.2, -0.15) is 5.10 Å². The van der Waals surface area contributed by atoms with E-state index in [4.69, 9.17) is 34.8 Å². The molecule has 0 aliphatic carbocycles. The molecule has 0 saturated heterocycles. The van der Waals surface area contributed by atoms with Gasteiger partial charge in [0.25, 0.3) is 0 Å². The van der Waals surface area contributed by atoms with Crippen LogP contribution in [-0.4, -0.2) is 15.7 Å². The first-order chi connectivity index (χ1) is 8.58. The van der Waals surface area contributed by atoms with Gasteiger partial charge in [0.15, 0.2) is 5.82 Å². The Bertz CT molecular complexity index is 578. The highest BCUT2D eigenvalue weighted by molar-refractivity contribution is 6.42. The van der Waals surface area contributed by atoms with Crippen molar-refractivity contribution in [2.75, 3.05) is 5.43 Å². The minimum absolute atomic E-state index is 0.177. The minimum Gasteiger partial charge on any atom is -0.360 e. The summed E-state index contributed by atoms with van der Waals surface area (Å²) in [5.74, 6) is 0.358.